The Bertz CT molecular complexity index is 361. The number of anilines is 2. The van der Waals surface area contributed by atoms with E-state index in [1.807, 2.05) is 13.0 Å². The fraction of sp³-hybridized carbons (Fsp3) is 0.300. The number of benzene rings is 1. The number of ether oxygens (including phenoxy) is 1. The molecular formula is C10H14N2O2. The molecule has 76 valence electrons. The minimum atomic E-state index is -0.364. The van der Waals surface area contributed by atoms with E-state index >= 15 is 0 Å². The van der Waals surface area contributed by atoms with Gasteiger partial charge in [0.1, 0.15) is 0 Å². The number of nitrogen functional groups attached to an aromatic ring is 1. The molecule has 1 aromatic rings. The minimum Gasteiger partial charge on any atom is -0.465 e. The largest absolute Gasteiger partial charge is 0.465 e. The van der Waals surface area contributed by atoms with Gasteiger partial charge in [-0.1, -0.05) is 0 Å². The number of methoxy groups -OCH3 is 1. The molecule has 0 spiro atoms. The van der Waals surface area contributed by atoms with Crippen LogP contribution < -0.4 is 11.1 Å². The summed E-state index contributed by atoms with van der Waals surface area (Å²) in [6.07, 6.45) is 0. The molecule has 0 fully saturated rings. The predicted octanol–water partition coefficient (Wildman–Crippen LogP) is 1.41. The van der Waals surface area contributed by atoms with Gasteiger partial charge in [-0.05, 0) is 24.6 Å². The van der Waals surface area contributed by atoms with E-state index in [0.717, 1.165) is 11.3 Å². The molecule has 0 aromatic heterocycles. The standard InChI is InChI=1S/C10H14N2O2/c1-6-4-9(12-2)8(11)5-7(6)10(13)14-3/h4-5,12H,11H2,1-3H3. The number of nitrogens with one attached hydrogen (secondary N) is 1. The first kappa shape index (κ1) is 10.4. The van der Waals surface area contributed by atoms with E-state index in [1.165, 1.54) is 7.11 Å². The third-order valence-corrected chi connectivity index (χ3v) is 2.07. The normalized spacial score (nSPS) is 9.64. The van der Waals surface area contributed by atoms with Crippen molar-refractivity contribution in [3.05, 3.63) is 23.3 Å². The topological polar surface area (TPSA) is 64.3 Å². The molecule has 0 radical (unpaired) electrons. The smallest absolute Gasteiger partial charge is 0.338 e. The number of carbonyl (C=O) groups excluding carboxylic acids is 1. The second-order valence-electron chi connectivity index (χ2n) is 3.00. The molecule has 0 aliphatic carbocycles. The van der Waals surface area contributed by atoms with Gasteiger partial charge in [-0.25, -0.2) is 4.79 Å². The number of esters is 1. The Kier molecular flexibility index (Phi) is 2.96. The van der Waals surface area contributed by atoms with E-state index in [1.54, 1.807) is 13.1 Å². The molecule has 0 heterocycles. The lowest BCUT2D eigenvalue weighted by Crippen LogP contribution is -2.06. The van der Waals surface area contributed by atoms with Crippen molar-refractivity contribution >= 4 is 17.3 Å². The Balaban J connectivity index is 3.21. The number of hydrogen-bond acceptors (Lipinski definition) is 4. The molecule has 0 atom stereocenters. The SMILES string of the molecule is CNc1cc(C)c(C(=O)OC)cc1N. The van der Waals surface area contributed by atoms with Crippen molar-refractivity contribution in [2.24, 2.45) is 0 Å². The van der Waals surface area contributed by atoms with Gasteiger partial charge >= 0.3 is 5.97 Å². The highest BCUT2D eigenvalue weighted by Gasteiger charge is 2.11. The highest BCUT2D eigenvalue weighted by Crippen LogP contribution is 2.23. The van der Waals surface area contributed by atoms with Crippen LogP contribution in [0.2, 0.25) is 0 Å². The first-order valence-electron chi connectivity index (χ1n) is 4.26. The average Bonchev–Trinajstić information content (AvgIpc) is 2.19. The van der Waals surface area contributed by atoms with Crippen LogP contribution in [0.1, 0.15) is 15.9 Å². The monoisotopic (exact) mass is 194 g/mol. The third-order valence-electron chi connectivity index (χ3n) is 2.07. The van der Waals surface area contributed by atoms with Crippen molar-refractivity contribution in [1.82, 2.24) is 0 Å². The van der Waals surface area contributed by atoms with Crippen LogP contribution in [-0.2, 0) is 4.74 Å². The summed E-state index contributed by atoms with van der Waals surface area (Å²) in [4.78, 5) is 11.3. The van der Waals surface area contributed by atoms with E-state index in [4.69, 9.17) is 5.73 Å². The number of rotatable bonds is 2. The van der Waals surface area contributed by atoms with Crippen molar-refractivity contribution in [2.75, 3.05) is 25.2 Å². The molecule has 0 bridgehead atoms. The minimum absolute atomic E-state index is 0.364. The van der Waals surface area contributed by atoms with Gasteiger partial charge in [-0.15, -0.1) is 0 Å². The summed E-state index contributed by atoms with van der Waals surface area (Å²) in [5.41, 5.74) is 8.42. The van der Waals surface area contributed by atoms with Crippen molar-refractivity contribution in [3.8, 4) is 0 Å². The molecule has 14 heavy (non-hydrogen) atoms. The summed E-state index contributed by atoms with van der Waals surface area (Å²) in [5, 5.41) is 2.94. The Labute approximate surface area is 83.1 Å². The van der Waals surface area contributed by atoms with Gasteiger partial charge in [0.05, 0.1) is 24.0 Å². The zero-order valence-corrected chi connectivity index (χ0v) is 8.55. The molecule has 4 nitrogen and oxygen atoms in total. The van der Waals surface area contributed by atoms with Gasteiger partial charge in [-0.2, -0.15) is 0 Å². The highest BCUT2D eigenvalue weighted by atomic mass is 16.5. The van der Waals surface area contributed by atoms with E-state index in [2.05, 4.69) is 10.1 Å². The van der Waals surface area contributed by atoms with Crippen LogP contribution in [0.3, 0.4) is 0 Å². The Morgan fingerprint density at radius 2 is 2.14 bits per heavy atom. The Morgan fingerprint density at radius 1 is 1.50 bits per heavy atom. The lowest BCUT2D eigenvalue weighted by atomic mass is 10.1. The summed E-state index contributed by atoms with van der Waals surface area (Å²) in [5.74, 6) is -0.364. The van der Waals surface area contributed by atoms with Gasteiger partial charge in [0.2, 0.25) is 0 Å². The van der Waals surface area contributed by atoms with Crippen LogP contribution in [0.15, 0.2) is 12.1 Å². The van der Waals surface area contributed by atoms with Gasteiger partial charge in [0.25, 0.3) is 0 Å². The van der Waals surface area contributed by atoms with Crippen LogP contribution in [0.25, 0.3) is 0 Å². The third kappa shape index (κ3) is 1.79. The van der Waals surface area contributed by atoms with Crippen LogP contribution in [0, 0.1) is 6.92 Å². The van der Waals surface area contributed by atoms with Crippen LogP contribution >= 0.6 is 0 Å². The first-order valence-corrected chi connectivity index (χ1v) is 4.26. The van der Waals surface area contributed by atoms with Crippen LogP contribution in [-0.4, -0.2) is 20.1 Å². The van der Waals surface area contributed by atoms with Gasteiger partial charge in [-0.3, -0.25) is 0 Å². The zero-order chi connectivity index (χ0) is 10.7. The molecule has 0 aliphatic heterocycles. The molecular weight excluding hydrogens is 180 g/mol. The fourth-order valence-corrected chi connectivity index (χ4v) is 1.27. The van der Waals surface area contributed by atoms with Crippen molar-refractivity contribution in [1.29, 1.82) is 0 Å². The number of aryl methyl sites for hydroxylation is 1. The molecule has 0 amide bonds. The van der Waals surface area contributed by atoms with Gasteiger partial charge < -0.3 is 15.8 Å². The molecule has 0 saturated heterocycles. The molecule has 1 aromatic carbocycles. The molecule has 1 rings (SSSR count). The summed E-state index contributed by atoms with van der Waals surface area (Å²) >= 11 is 0. The second-order valence-corrected chi connectivity index (χ2v) is 3.00. The molecule has 0 saturated carbocycles. The maximum absolute atomic E-state index is 11.3. The maximum Gasteiger partial charge on any atom is 0.338 e. The van der Waals surface area contributed by atoms with Crippen LogP contribution in [0.4, 0.5) is 11.4 Å². The summed E-state index contributed by atoms with van der Waals surface area (Å²) in [7, 11) is 3.13. The lowest BCUT2D eigenvalue weighted by molar-refractivity contribution is 0.0600. The van der Waals surface area contributed by atoms with E-state index < -0.39 is 0 Å². The van der Waals surface area contributed by atoms with E-state index in [9.17, 15) is 4.79 Å². The Morgan fingerprint density at radius 3 is 2.64 bits per heavy atom. The molecule has 4 heteroatoms. The highest BCUT2D eigenvalue weighted by molar-refractivity contribution is 5.93. The average molecular weight is 194 g/mol. The summed E-state index contributed by atoms with van der Waals surface area (Å²) in [6.45, 7) is 1.84. The number of carbonyl (C=O) groups is 1. The van der Waals surface area contributed by atoms with Crippen molar-refractivity contribution < 1.29 is 9.53 Å². The Hall–Kier alpha value is -1.71. The zero-order valence-electron chi connectivity index (χ0n) is 8.55. The van der Waals surface area contributed by atoms with Gasteiger partial charge in [0.15, 0.2) is 0 Å². The molecule has 0 unspecified atom stereocenters. The number of nitrogens with two attached hydrogens (primary N) is 1. The van der Waals surface area contributed by atoms with E-state index in [0.29, 0.717) is 11.3 Å². The van der Waals surface area contributed by atoms with Crippen LogP contribution in [0.5, 0.6) is 0 Å². The van der Waals surface area contributed by atoms with Crippen molar-refractivity contribution in [3.63, 3.8) is 0 Å². The number of hydrogen-bond donors (Lipinski definition) is 2. The quantitative estimate of drug-likeness (QED) is 0.552. The van der Waals surface area contributed by atoms with Gasteiger partial charge in [0, 0.05) is 7.05 Å². The molecule has 0 aliphatic rings. The molecule has 3 N–H and O–H groups in total. The summed E-state index contributed by atoms with van der Waals surface area (Å²) < 4.78 is 4.63. The lowest BCUT2D eigenvalue weighted by Gasteiger charge is -2.09. The summed E-state index contributed by atoms with van der Waals surface area (Å²) in [6, 6.07) is 3.44. The predicted molar refractivity (Wildman–Crippen MR) is 56.5 cm³/mol. The second kappa shape index (κ2) is 4.00. The maximum atomic E-state index is 11.3. The van der Waals surface area contributed by atoms with Crippen molar-refractivity contribution in [2.45, 2.75) is 6.92 Å². The van der Waals surface area contributed by atoms with E-state index in [-0.39, 0.29) is 5.97 Å². The first-order chi connectivity index (χ1) is 6.60. The fourth-order valence-electron chi connectivity index (χ4n) is 1.27.